The molecule has 7 nitrogen and oxygen atoms in total. The van der Waals surface area contributed by atoms with Crippen molar-refractivity contribution in [3.63, 3.8) is 0 Å². The predicted octanol–water partition coefficient (Wildman–Crippen LogP) is 3.97. The molecule has 0 amide bonds. The maximum Gasteiger partial charge on any atom is 0.339 e. The number of methoxy groups -OCH3 is 2. The van der Waals surface area contributed by atoms with Gasteiger partial charge in [-0.3, -0.25) is 0 Å². The zero-order valence-electron chi connectivity index (χ0n) is 17.1. The van der Waals surface area contributed by atoms with E-state index >= 15 is 0 Å². The summed E-state index contributed by atoms with van der Waals surface area (Å²) in [5, 5.41) is 1.82. The minimum absolute atomic E-state index is 0.262. The number of cyclic esters (lactones) is 1. The lowest BCUT2D eigenvalue weighted by Crippen LogP contribution is -2.30. The number of rotatable bonds is 4. The van der Waals surface area contributed by atoms with E-state index in [0.29, 0.717) is 17.1 Å². The summed E-state index contributed by atoms with van der Waals surface area (Å²) in [6, 6.07) is 5.79. The number of fused-ring (bicyclic) bond motifs is 2. The Bertz CT molecular complexity index is 1120. The Balaban J connectivity index is 1.69. The monoisotopic (exact) mass is 405 g/mol. The van der Waals surface area contributed by atoms with Gasteiger partial charge in [-0.15, -0.1) is 0 Å². The first-order valence-electron chi connectivity index (χ1n) is 10.2. The van der Waals surface area contributed by atoms with E-state index in [0.717, 1.165) is 59.3 Å². The molecule has 0 saturated carbocycles. The number of benzene rings is 2. The highest BCUT2D eigenvalue weighted by Crippen LogP contribution is 2.42. The molecule has 0 aliphatic carbocycles. The number of carbonyl (C=O) groups excluding carboxylic acids is 1. The standard InChI is InChI=1S/C23H23N3O4/c1-28-18-9-14-8-15-13-30-22(27)21(15)20(17(14)10-19(18)29-2)16-11-24-23(25-12-16)26-6-4-3-5-7-26/h8-12H,3-7,13H2,1-2H3. The van der Waals surface area contributed by atoms with E-state index in [1.165, 1.54) is 6.42 Å². The minimum Gasteiger partial charge on any atom is -0.493 e. The molecule has 1 aromatic heterocycles. The van der Waals surface area contributed by atoms with Crippen molar-refractivity contribution in [1.29, 1.82) is 0 Å². The summed E-state index contributed by atoms with van der Waals surface area (Å²) < 4.78 is 16.3. The maximum absolute atomic E-state index is 12.6. The highest BCUT2D eigenvalue weighted by atomic mass is 16.5. The number of hydrogen-bond acceptors (Lipinski definition) is 7. The van der Waals surface area contributed by atoms with Crippen LogP contribution in [0.3, 0.4) is 0 Å². The van der Waals surface area contributed by atoms with Gasteiger partial charge in [0, 0.05) is 42.2 Å². The van der Waals surface area contributed by atoms with E-state index < -0.39 is 0 Å². The molecule has 7 heteroatoms. The Morgan fingerprint density at radius 2 is 1.63 bits per heavy atom. The summed E-state index contributed by atoms with van der Waals surface area (Å²) in [6.07, 6.45) is 7.18. The third-order valence-corrected chi connectivity index (χ3v) is 5.85. The van der Waals surface area contributed by atoms with Crippen molar-refractivity contribution in [3.05, 3.63) is 41.7 Å². The van der Waals surface area contributed by atoms with E-state index in [1.54, 1.807) is 26.6 Å². The molecule has 1 saturated heterocycles. The third-order valence-electron chi connectivity index (χ3n) is 5.85. The summed E-state index contributed by atoms with van der Waals surface area (Å²) in [6.45, 7) is 2.22. The number of anilines is 1. The van der Waals surface area contributed by atoms with Crippen LogP contribution in [0.1, 0.15) is 35.2 Å². The summed E-state index contributed by atoms with van der Waals surface area (Å²) in [4.78, 5) is 24.0. The van der Waals surface area contributed by atoms with Crippen LogP contribution in [0, 0.1) is 0 Å². The van der Waals surface area contributed by atoms with E-state index in [-0.39, 0.29) is 12.6 Å². The molecule has 2 aromatic carbocycles. The third kappa shape index (κ3) is 3.01. The van der Waals surface area contributed by atoms with Crippen LogP contribution in [0.25, 0.3) is 21.9 Å². The van der Waals surface area contributed by atoms with Gasteiger partial charge in [0.2, 0.25) is 5.95 Å². The van der Waals surface area contributed by atoms with Crippen molar-refractivity contribution < 1.29 is 19.0 Å². The molecule has 0 bridgehead atoms. The lowest BCUT2D eigenvalue weighted by molar-refractivity contribution is 0.0535. The first kappa shape index (κ1) is 18.7. The van der Waals surface area contributed by atoms with Crippen LogP contribution in [0.4, 0.5) is 5.95 Å². The molecule has 1 fully saturated rings. The quantitative estimate of drug-likeness (QED) is 0.608. The molecule has 0 unspecified atom stereocenters. The Morgan fingerprint density at radius 3 is 2.33 bits per heavy atom. The van der Waals surface area contributed by atoms with Gasteiger partial charge in [0.15, 0.2) is 11.5 Å². The van der Waals surface area contributed by atoms with E-state index in [9.17, 15) is 4.79 Å². The van der Waals surface area contributed by atoms with Gasteiger partial charge in [-0.2, -0.15) is 0 Å². The fraction of sp³-hybridized carbons (Fsp3) is 0.348. The Kier molecular flexibility index (Phi) is 4.65. The first-order chi connectivity index (χ1) is 14.7. The lowest BCUT2D eigenvalue weighted by atomic mass is 9.91. The van der Waals surface area contributed by atoms with Crippen LogP contribution in [0.15, 0.2) is 30.6 Å². The predicted molar refractivity (Wildman–Crippen MR) is 113 cm³/mol. The molecule has 3 aromatic rings. The second-order valence-corrected chi connectivity index (χ2v) is 7.61. The van der Waals surface area contributed by atoms with Gasteiger partial charge in [-0.05, 0) is 48.2 Å². The largest absolute Gasteiger partial charge is 0.493 e. The molecule has 0 radical (unpaired) electrons. The van der Waals surface area contributed by atoms with E-state index in [2.05, 4.69) is 14.9 Å². The lowest BCUT2D eigenvalue weighted by Gasteiger charge is -2.26. The van der Waals surface area contributed by atoms with Gasteiger partial charge in [0.05, 0.1) is 19.8 Å². The Morgan fingerprint density at radius 1 is 0.933 bits per heavy atom. The summed E-state index contributed by atoms with van der Waals surface area (Å²) >= 11 is 0. The van der Waals surface area contributed by atoms with Crippen LogP contribution in [-0.2, 0) is 11.3 Å². The summed E-state index contributed by atoms with van der Waals surface area (Å²) in [7, 11) is 3.21. The Hall–Kier alpha value is -3.35. The van der Waals surface area contributed by atoms with Crippen molar-refractivity contribution >= 4 is 22.7 Å². The van der Waals surface area contributed by atoms with Crippen molar-refractivity contribution in [1.82, 2.24) is 9.97 Å². The normalized spacial score (nSPS) is 15.8. The number of aromatic nitrogens is 2. The van der Waals surface area contributed by atoms with E-state index in [4.69, 9.17) is 14.2 Å². The van der Waals surface area contributed by atoms with Crippen molar-refractivity contribution in [2.75, 3.05) is 32.2 Å². The van der Waals surface area contributed by atoms with Gasteiger partial charge < -0.3 is 19.1 Å². The Labute approximate surface area is 174 Å². The number of carbonyl (C=O) groups is 1. The SMILES string of the molecule is COc1cc2cc3c(c(-c4cnc(N5CCCCC5)nc4)c2cc1OC)C(=O)OC3. The van der Waals surface area contributed by atoms with E-state index in [1.807, 2.05) is 18.2 Å². The van der Waals surface area contributed by atoms with Gasteiger partial charge in [0.25, 0.3) is 0 Å². The van der Waals surface area contributed by atoms with Gasteiger partial charge >= 0.3 is 5.97 Å². The van der Waals surface area contributed by atoms with Crippen molar-refractivity contribution in [2.24, 2.45) is 0 Å². The average molecular weight is 405 g/mol. The van der Waals surface area contributed by atoms with Crippen LogP contribution in [0.2, 0.25) is 0 Å². The van der Waals surface area contributed by atoms with Crippen molar-refractivity contribution in [3.8, 4) is 22.6 Å². The number of esters is 1. The number of nitrogens with zero attached hydrogens (tertiary/aromatic N) is 3. The van der Waals surface area contributed by atoms with Crippen LogP contribution < -0.4 is 14.4 Å². The summed E-state index contributed by atoms with van der Waals surface area (Å²) in [5.41, 5.74) is 2.98. The molecule has 30 heavy (non-hydrogen) atoms. The fourth-order valence-corrected chi connectivity index (χ4v) is 4.36. The molecule has 2 aliphatic rings. The van der Waals surface area contributed by atoms with Crippen LogP contribution in [-0.4, -0.2) is 43.2 Å². The zero-order valence-corrected chi connectivity index (χ0v) is 17.1. The van der Waals surface area contributed by atoms with Crippen LogP contribution in [0.5, 0.6) is 11.5 Å². The molecule has 5 rings (SSSR count). The molecule has 0 atom stereocenters. The second-order valence-electron chi connectivity index (χ2n) is 7.61. The minimum atomic E-state index is -0.322. The smallest absolute Gasteiger partial charge is 0.339 e. The average Bonchev–Trinajstić information content (AvgIpc) is 3.17. The number of piperidine rings is 1. The summed E-state index contributed by atoms with van der Waals surface area (Å²) in [5.74, 6) is 1.65. The van der Waals surface area contributed by atoms with Gasteiger partial charge in [0.1, 0.15) is 6.61 Å². The molecule has 3 heterocycles. The number of hydrogen-bond donors (Lipinski definition) is 0. The molecular weight excluding hydrogens is 382 g/mol. The molecule has 154 valence electrons. The highest BCUT2D eigenvalue weighted by Gasteiger charge is 2.29. The number of ether oxygens (including phenoxy) is 3. The maximum atomic E-state index is 12.6. The molecule has 0 N–H and O–H groups in total. The zero-order chi connectivity index (χ0) is 20.7. The van der Waals surface area contributed by atoms with Gasteiger partial charge in [-0.25, -0.2) is 14.8 Å². The van der Waals surface area contributed by atoms with Crippen molar-refractivity contribution in [2.45, 2.75) is 25.9 Å². The molecule has 0 spiro atoms. The topological polar surface area (TPSA) is 73.8 Å². The molecule has 2 aliphatic heterocycles. The highest BCUT2D eigenvalue weighted by molar-refractivity contribution is 6.11. The van der Waals surface area contributed by atoms with Gasteiger partial charge in [-0.1, -0.05) is 0 Å². The first-order valence-corrected chi connectivity index (χ1v) is 10.2. The molecular formula is C23H23N3O4. The van der Waals surface area contributed by atoms with Crippen LogP contribution >= 0.6 is 0 Å². The fourth-order valence-electron chi connectivity index (χ4n) is 4.36. The second kappa shape index (κ2) is 7.48.